The summed E-state index contributed by atoms with van der Waals surface area (Å²) < 4.78 is 26.0. The molecule has 2 heterocycles. The quantitative estimate of drug-likeness (QED) is 0.868. The van der Waals surface area contributed by atoms with Crippen LogP contribution in [0.25, 0.3) is 0 Å². The molecule has 94 valence electrons. The van der Waals surface area contributed by atoms with Gasteiger partial charge in [-0.05, 0) is 6.07 Å². The number of rotatable bonds is 4. The van der Waals surface area contributed by atoms with E-state index >= 15 is 0 Å². The first kappa shape index (κ1) is 12.5. The summed E-state index contributed by atoms with van der Waals surface area (Å²) in [5.41, 5.74) is 0.209. The number of thiophene rings is 1. The minimum absolute atomic E-state index is 0.0420. The van der Waals surface area contributed by atoms with Crippen LogP contribution in [-0.4, -0.2) is 29.5 Å². The SMILES string of the molecule is O=C(O)c1cc(S(=O)(=O)Nc2cncnc2)cs1. The first-order chi connectivity index (χ1) is 8.49. The molecule has 0 bridgehead atoms. The lowest BCUT2D eigenvalue weighted by molar-refractivity contribution is 0.0702. The van der Waals surface area contributed by atoms with Crippen molar-refractivity contribution in [3.63, 3.8) is 0 Å². The van der Waals surface area contributed by atoms with E-state index in [0.717, 1.165) is 17.4 Å². The predicted molar refractivity (Wildman–Crippen MR) is 64.1 cm³/mol. The molecule has 9 heteroatoms. The second-order valence-corrected chi connectivity index (χ2v) is 5.78. The third-order valence-electron chi connectivity index (χ3n) is 1.91. The summed E-state index contributed by atoms with van der Waals surface area (Å²) in [5.74, 6) is -1.16. The van der Waals surface area contributed by atoms with Gasteiger partial charge < -0.3 is 5.11 Å². The predicted octanol–water partition coefficient (Wildman–Crippen LogP) is 1.04. The van der Waals surface area contributed by atoms with Gasteiger partial charge in [0.05, 0.1) is 23.0 Å². The first-order valence-corrected chi connectivity index (χ1v) is 6.95. The largest absolute Gasteiger partial charge is 0.477 e. The minimum Gasteiger partial charge on any atom is -0.477 e. The van der Waals surface area contributed by atoms with Gasteiger partial charge in [-0.3, -0.25) is 4.72 Å². The number of hydrogen-bond acceptors (Lipinski definition) is 6. The summed E-state index contributed by atoms with van der Waals surface area (Å²) in [6.07, 6.45) is 3.87. The molecule has 0 saturated carbocycles. The van der Waals surface area contributed by atoms with E-state index in [1.165, 1.54) is 24.1 Å². The van der Waals surface area contributed by atoms with Crippen molar-refractivity contribution in [2.75, 3.05) is 4.72 Å². The Morgan fingerprint density at radius 1 is 1.33 bits per heavy atom. The lowest BCUT2D eigenvalue weighted by atomic mass is 10.5. The van der Waals surface area contributed by atoms with Crippen LogP contribution in [0.15, 0.2) is 35.1 Å². The van der Waals surface area contributed by atoms with Crippen LogP contribution < -0.4 is 4.72 Å². The molecule has 0 aliphatic rings. The molecule has 0 amide bonds. The van der Waals surface area contributed by atoms with E-state index < -0.39 is 16.0 Å². The van der Waals surface area contributed by atoms with E-state index in [1.54, 1.807) is 0 Å². The van der Waals surface area contributed by atoms with Gasteiger partial charge in [0.1, 0.15) is 11.2 Å². The normalized spacial score (nSPS) is 11.1. The fraction of sp³-hybridized carbons (Fsp3) is 0. The molecule has 0 spiro atoms. The third kappa shape index (κ3) is 2.63. The lowest BCUT2D eigenvalue weighted by Crippen LogP contribution is -2.12. The Morgan fingerprint density at radius 3 is 2.56 bits per heavy atom. The van der Waals surface area contributed by atoms with E-state index in [0.29, 0.717) is 0 Å². The van der Waals surface area contributed by atoms with E-state index in [1.807, 2.05) is 0 Å². The van der Waals surface area contributed by atoms with Crippen molar-refractivity contribution in [3.8, 4) is 0 Å². The summed E-state index contributed by atoms with van der Waals surface area (Å²) in [6, 6.07) is 1.10. The van der Waals surface area contributed by atoms with Crippen LogP contribution in [0, 0.1) is 0 Å². The van der Waals surface area contributed by atoms with Crippen molar-refractivity contribution >= 4 is 33.0 Å². The molecule has 7 nitrogen and oxygen atoms in total. The van der Waals surface area contributed by atoms with Gasteiger partial charge in [0, 0.05) is 5.38 Å². The van der Waals surface area contributed by atoms with E-state index in [4.69, 9.17) is 5.11 Å². The number of hydrogen-bond donors (Lipinski definition) is 2. The Bertz CT molecular complexity index is 666. The molecular weight excluding hydrogens is 278 g/mol. The molecule has 0 aliphatic heterocycles. The molecule has 2 N–H and O–H groups in total. The zero-order valence-corrected chi connectivity index (χ0v) is 10.4. The van der Waals surface area contributed by atoms with Gasteiger partial charge in [0.25, 0.3) is 10.0 Å². The Morgan fingerprint density at radius 2 is 2.00 bits per heavy atom. The maximum absolute atomic E-state index is 11.9. The molecule has 0 saturated heterocycles. The summed E-state index contributed by atoms with van der Waals surface area (Å²) >= 11 is 0.845. The van der Waals surface area contributed by atoms with E-state index in [2.05, 4.69) is 14.7 Å². The molecule has 2 rings (SSSR count). The van der Waals surface area contributed by atoms with Gasteiger partial charge in [0.2, 0.25) is 0 Å². The van der Waals surface area contributed by atoms with E-state index in [-0.39, 0.29) is 15.5 Å². The molecule has 0 unspecified atom stereocenters. The summed E-state index contributed by atoms with van der Waals surface area (Å²) in [6.45, 7) is 0. The molecule has 0 aliphatic carbocycles. The van der Waals surface area contributed by atoms with Crippen LogP contribution >= 0.6 is 11.3 Å². The number of nitrogens with zero attached hydrogens (tertiary/aromatic N) is 2. The Hall–Kier alpha value is -2.00. The smallest absolute Gasteiger partial charge is 0.345 e. The maximum Gasteiger partial charge on any atom is 0.345 e. The molecule has 0 aromatic carbocycles. The molecule has 0 atom stereocenters. The first-order valence-electron chi connectivity index (χ1n) is 4.59. The highest BCUT2D eigenvalue weighted by Crippen LogP contribution is 2.21. The van der Waals surface area contributed by atoms with Crippen LogP contribution in [-0.2, 0) is 10.0 Å². The Kier molecular flexibility index (Phi) is 3.26. The monoisotopic (exact) mass is 285 g/mol. The molecular formula is C9H7N3O4S2. The second-order valence-electron chi connectivity index (χ2n) is 3.18. The fourth-order valence-electron chi connectivity index (χ4n) is 1.14. The second kappa shape index (κ2) is 4.70. The highest BCUT2D eigenvalue weighted by atomic mass is 32.2. The number of carbonyl (C=O) groups is 1. The lowest BCUT2D eigenvalue weighted by Gasteiger charge is -2.04. The van der Waals surface area contributed by atoms with Crippen LogP contribution in [0.3, 0.4) is 0 Å². The van der Waals surface area contributed by atoms with Gasteiger partial charge in [-0.25, -0.2) is 23.2 Å². The molecule has 2 aromatic rings. The summed E-state index contributed by atoms with van der Waals surface area (Å²) in [4.78, 5) is 17.9. The average Bonchev–Trinajstić information content (AvgIpc) is 2.79. The number of carboxylic acid groups (broad SMARTS) is 1. The van der Waals surface area contributed by atoms with Crippen molar-refractivity contribution in [2.24, 2.45) is 0 Å². The number of anilines is 1. The van der Waals surface area contributed by atoms with Crippen LogP contribution in [0.5, 0.6) is 0 Å². The summed E-state index contributed by atoms with van der Waals surface area (Å²) in [5, 5.41) is 9.99. The maximum atomic E-state index is 11.9. The molecule has 2 aromatic heterocycles. The van der Waals surface area contributed by atoms with Gasteiger partial charge in [-0.2, -0.15) is 0 Å². The average molecular weight is 285 g/mol. The Labute approximate surface area is 106 Å². The van der Waals surface area contributed by atoms with Crippen molar-refractivity contribution in [1.82, 2.24) is 9.97 Å². The topological polar surface area (TPSA) is 109 Å². The highest BCUT2D eigenvalue weighted by molar-refractivity contribution is 7.92. The third-order valence-corrected chi connectivity index (χ3v) is 4.34. The van der Waals surface area contributed by atoms with Crippen LogP contribution in [0.1, 0.15) is 9.67 Å². The zero-order valence-electron chi connectivity index (χ0n) is 8.77. The number of sulfonamides is 1. The fourth-order valence-corrected chi connectivity index (χ4v) is 3.28. The van der Waals surface area contributed by atoms with Crippen molar-refractivity contribution < 1.29 is 18.3 Å². The molecule has 0 fully saturated rings. The minimum atomic E-state index is -3.81. The van der Waals surface area contributed by atoms with Crippen LogP contribution in [0.4, 0.5) is 5.69 Å². The number of carboxylic acids is 1. The van der Waals surface area contributed by atoms with E-state index in [9.17, 15) is 13.2 Å². The number of aromatic carboxylic acids is 1. The van der Waals surface area contributed by atoms with Crippen LogP contribution in [0.2, 0.25) is 0 Å². The molecule has 0 radical (unpaired) electrons. The zero-order chi connectivity index (χ0) is 13.2. The van der Waals surface area contributed by atoms with Gasteiger partial charge in [0.15, 0.2) is 0 Å². The highest BCUT2D eigenvalue weighted by Gasteiger charge is 2.18. The van der Waals surface area contributed by atoms with Gasteiger partial charge in [-0.15, -0.1) is 11.3 Å². The Balaban J connectivity index is 2.28. The number of nitrogens with one attached hydrogen (secondary N) is 1. The van der Waals surface area contributed by atoms with Crippen molar-refractivity contribution in [2.45, 2.75) is 4.90 Å². The van der Waals surface area contributed by atoms with Crippen molar-refractivity contribution in [3.05, 3.63) is 35.0 Å². The standard InChI is InChI=1S/C9H7N3O4S2/c13-9(14)8-1-7(4-17-8)18(15,16)12-6-2-10-5-11-3-6/h1-5,12H,(H,13,14). The number of aromatic nitrogens is 2. The van der Waals surface area contributed by atoms with Crippen molar-refractivity contribution in [1.29, 1.82) is 0 Å². The van der Waals surface area contributed by atoms with Gasteiger partial charge in [-0.1, -0.05) is 0 Å². The summed E-state index contributed by atoms with van der Waals surface area (Å²) in [7, 11) is -3.81. The molecule has 18 heavy (non-hydrogen) atoms. The van der Waals surface area contributed by atoms with Gasteiger partial charge >= 0.3 is 5.97 Å².